The third-order valence-corrected chi connectivity index (χ3v) is 2.81. The summed E-state index contributed by atoms with van der Waals surface area (Å²) in [4.78, 5) is 0. The average Bonchev–Trinajstić information content (AvgIpc) is 2.42. The zero-order valence-electron chi connectivity index (χ0n) is 12.6. The van der Waals surface area contributed by atoms with Crippen molar-refractivity contribution in [2.24, 2.45) is 0 Å². The van der Waals surface area contributed by atoms with Gasteiger partial charge in [0.05, 0.1) is 6.61 Å². The molecule has 0 aliphatic rings. The minimum atomic E-state index is 0.213. The number of ether oxygens (including phenoxy) is 2. The summed E-state index contributed by atoms with van der Waals surface area (Å²) >= 11 is 0. The van der Waals surface area contributed by atoms with Gasteiger partial charge in [0.15, 0.2) is 0 Å². The van der Waals surface area contributed by atoms with Gasteiger partial charge < -0.3 is 14.8 Å². The van der Waals surface area contributed by atoms with E-state index in [1.807, 2.05) is 24.3 Å². The van der Waals surface area contributed by atoms with Crippen LogP contribution < -0.4 is 14.8 Å². The molecule has 0 bridgehead atoms. The van der Waals surface area contributed by atoms with Gasteiger partial charge in [-0.05, 0) is 37.1 Å². The summed E-state index contributed by atoms with van der Waals surface area (Å²) in [7, 11) is 0. The van der Waals surface area contributed by atoms with Gasteiger partial charge in [0.25, 0.3) is 0 Å². The second-order valence-electron chi connectivity index (χ2n) is 5.03. The van der Waals surface area contributed by atoms with E-state index in [0.29, 0.717) is 6.04 Å². The second-order valence-corrected chi connectivity index (χ2v) is 5.03. The molecule has 0 heterocycles. The number of hydrogen-bond donors (Lipinski definition) is 1. The van der Waals surface area contributed by atoms with Gasteiger partial charge in [0, 0.05) is 12.6 Å². The van der Waals surface area contributed by atoms with Gasteiger partial charge in [-0.15, -0.1) is 0 Å². The Bertz CT molecular complexity index is 335. The number of nitrogens with one attached hydrogen (secondary N) is 1. The summed E-state index contributed by atoms with van der Waals surface area (Å²) in [6, 6.07) is 8.37. The molecule has 1 aromatic carbocycles. The SMILES string of the molecule is CCCOc1ccc(OC(CC)CNC(C)C)cc1. The molecule has 1 rings (SSSR count). The molecule has 1 unspecified atom stereocenters. The summed E-state index contributed by atoms with van der Waals surface area (Å²) in [5.41, 5.74) is 0. The lowest BCUT2D eigenvalue weighted by atomic mass is 10.2. The first-order chi connectivity index (χ1) is 9.15. The Morgan fingerprint density at radius 3 is 2.21 bits per heavy atom. The molecular formula is C16H27NO2. The number of benzene rings is 1. The first-order valence-electron chi connectivity index (χ1n) is 7.28. The van der Waals surface area contributed by atoms with Crippen molar-refractivity contribution in [2.45, 2.75) is 52.7 Å². The van der Waals surface area contributed by atoms with Crippen LogP contribution in [0.3, 0.4) is 0 Å². The van der Waals surface area contributed by atoms with E-state index < -0.39 is 0 Å². The van der Waals surface area contributed by atoms with Gasteiger partial charge in [-0.1, -0.05) is 27.7 Å². The highest BCUT2D eigenvalue weighted by molar-refractivity contribution is 5.31. The van der Waals surface area contributed by atoms with Gasteiger partial charge in [-0.2, -0.15) is 0 Å². The molecule has 108 valence electrons. The van der Waals surface area contributed by atoms with Gasteiger partial charge in [-0.3, -0.25) is 0 Å². The Balaban J connectivity index is 2.45. The van der Waals surface area contributed by atoms with E-state index >= 15 is 0 Å². The van der Waals surface area contributed by atoms with Crippen LogP contribution in [-0.2, 0) is 0 Å². The van der Waals surface area contributed by atoms with Crippen LogP contribution in [0.2, 0.25) is 0 Å². The van der Waals surface area contributed by atoms with Crippen LogP contribution in [-0.4, -0.2) is 25.3 Å². The Labute approximate surface area is 117 Å². The molecule has 0 aliphatic carbocycles. The van der Waals surface area contributed by atoms with Crippen LogP contribution >= 0.6 is 0 Å². The van der Waals surface area contributed by atoms with E-state index in [4.69, 9.17) is 9.47 Å². The molecule has 0 spiro atoms. The lowest BCUT2D eigenvalue weighted by Gasteiger charge is -2.19. The van der Waals surface area contributed by atoms with Crippen molar-refractivity contribution in [1.29, 1.82) is 0 Å². The van der Waals surface area contributed by atoms with Crippen LogP contribution in [0.1, 0.15) is 40.5 Å². The Hall–Kier alpha value is -1.22. The van der Waals surface area contributed by atoms with Crippen molar-refractivity contribution in [3.63, 3.8) is 0 Å². The van der Waals surface area contributed by atoms with Crippen molar-refractivity contribution >= 4 is 0 Å². The largest absolute Gasteiger partial charge is 0.494 e. The van der Waals surface area contributed by atoms with E-state index in [2.05, 4.69) is 33.0 Å². The van der Waals surface area contributed by atoms with Crippen LogP contribution in [0.25, 0.3) is 0 Å². The van der Waals surface area contributed by atoms with Crippen molar-refractivity contribution in [1.82, 2.24) is 5.32 Å². The molecule has 0 aromatic heterocycles. The van der Waals surface area contributed by atoms with Gasteiger partial charge in [0.1, 0.15) is 17.6 Å². The lowest BCUT2D eigenvalue weighted by molar-refractivity contribution is 0.190. The molecule has 0 saturated heterocycles. The predicted octanol–water partition coefficient (Wildman–Crippen LogP) is 3.63. The lowest BCUT2D eigenvalue weighted by Crippen LogP contribution is -2.34. The summed E-state index contributed by atoms with van der Waals surface area (Å²) in [6.45, 7) is 10.2. The quantitative estimate of drug-likeness (QED) is 0.739. The standard InChI is InChI=1S/C16H27NO2/c1-5-11-18-15-7-9-16(10-8-15)19-14(6-2)12-17-13(3)4/h7-10,13-14,17H,5-6,11-12H2,1-4H3. The van der Waals surface area contributed by atoms with Crippen molar-refractivity contribution < 1.29 is 9.47 Å². The molecule has 0 amide bonds. The van der Waals surface area contributed by atoms with Crippen LogP contribution in [0, 0.1) is 0 Å². The molecule has 3 heteroatoms. The third kappa shape index (κ3) is 6.48. The smallest absolute Gasteiger partial charge is 0.120 e. The minimum absolute atomic E-state index is 0.213. The van der Waals surface area contributed by atoms with E-state index in [0.717, 1.165) is 37.5 Å². The zero-order chi connectivity index (χ0) is 14.1. The Morgan fingerprint density at radius 1 is 1.05 bits per heavy atom. The fraction of sp³-hybridized carbons (Fsp3) is 0.625. The number of hydrogen-bond acceptors (Lipinski definition) is 3. The maximum absolute atomic E-state index is 5.96. The van der Waals surface area contributed by atoms with Crippen LogP contribution in [0.15, 0.2) is 24.3 Å². The molecule has 0 saturated carbocycles. The van der Waals surface area contributed by atoms with Gasteiger partial charge in [0.2, 0.25) is 0 Å². The number of rotatable bonds is 9. The summed E-state index contributed by atoms with van der Waals surface area (Å²) < 4.78 is 11.5. The molecule has 19 heavy (non-hydrogen) atoms. The fourth-order valence-electron chi connectivity index (χ4n) is 1.66. The third-order valence-electron chi connectivity index (χ3n) is 2.81. The monoisotopic (exact) mass is 265 g/mol. The molecule has 0 fully saturated rings. The van der Waals surface area contributed by atoms with Crippen molar-refractivity contribution in [3.05, 3.63) is 24.3 Å². The summed E-state index contributed by atoms with van der Waals surface area (Å²) in [5, 5.41) is 3.41. The Kier molecular flexibility index (Phi) is 7.34. The Morgan fingerprint density at radius 2 is 1.68 bits per heavy atom. The highest BCUT2D eigenvalue weighted by atomic mass is 16.5. The van der Waals surface area contributed by atoms with Crippen molar-refractivity contribution in [2.75, 3.05) is 13.2 Å². The molecule has 0 aliphatic heterocycles. The van der Waals surface area contributed by atoms with Crippen molar-refractivity contribution in [3.8, 4) is 11.5 Å². The average molecular weight is 265 g/mol. The van der Waals surface area contributed by atoms with E-state index in [1.54, 1.807) is 0 Å². The summed E-state index contributed by atoms with van der Waals surface area (Å²) in [6.07, 6.45) is 2.23. The first-order valence-corrected chi connectivity index (χ1v) is 7.28. The molecular weight excluding hydrogens is 238 g/mol. The highest BCUT2D eigenvalue weighted by Crippen LogP contribution is 2.19. The van der Waals surface area contributed by atoms with Crippen LogP contribution in [0.5, 0.6) is 11.5 Å². The van der Waals surface area contributed by atoms with E-state index in [9.17, 15) is 0 Å². The molecule has 1 atom stereocenters. The van der Waals surface area contributed by atoms with Crippen LogP contribution in [0.4, 0.5) is 0 Å². The van der Waals surface area contributed by atoms with E-state index in [1.165, 1.54) is 0 Å². The fourth-order valence-corrected chi connectivity index (χ4v) is 1.66. The maximum atomic E-state index is 5.96. The molecule has 1 N–H and O–H groups in total. The predicted molar refractivity (Wildman–Crippen MR) is 80.1 cm³/mol. The van der Waals surface area contributed by atoms with E-state index in [-0.39, 0.29) is 6.10 Å². The normalized spacial score (nSPS) is 12.5. The zero-order valence-corrected chi connectivity index (χ0v) is 12.6. The molecule has 3 nitrogen and oxygen atoms in total. The molecule has 1 aromatic rings. The topological polar surface area (TPSA) is 30.5 Å². The first kappa shape index (κ1) is 15.8. The minimum Gasteiger partial charge on any atom is -0.494 e. The van der Waals surface area contributed by atoms with Gasteiger partial charge >= 0.3 is 0 Å². The molecule has 0 radical (unpaired) electrons. The maximum Gasteiger partial charge on any atom is 0.120 e. The highest BCUT2D eigenvalue weighted by Gasteiger charge is 2.08. The van der Waals surface area contributed by atoms with Gasteiger partial charge in [-0.25, -0.2) is 0 Å². The second kappa shape index (κ2) is 8.81. The summed E-state index contributed by atoms with van der Waals surface area (Å²) in [5.74, 6) is 1.81.